The Bertz CT molecular complexity index is 1990. The molecule has 612 valence electrons. The van der Waals surface area contributed by atoms with E-state index in [2.05, 4.69) is 48.5 Å². The van der Waals surface area contributed by atoms with Crippen molar-refractivity contribution in [1.82, 2.24) is 0 Å². The molecule has 0 amide bonds. The molecule has 0 aliphatic heterocycles. The standard InChI is InChI=1S/C84H164O17P2/c1-8-9-10-11-12-13-14-15-16-17-18-19-20-21-24-28-33-38-45-53-60-67-83(88)100-79(71-94-81(86)65-58-51-44-37-32-27-25-22-23-26-30-35-41-48-55-62-75(2)3)73-98-102(90,91)96-69-78(85)70-97-103(92,93)99-74-80(72-95-82(87)66-59-52-47-40-43-50-57-64-77(6)7)101-84(89)68-61-54-46-39-34-29-31-36-42-49-56-63-76(4)5/h75-80,85H,8-74H2,1-7H3,(H,90,91)(H,92,93)/t78-,79-,80-/m1/s1. The Morgan fingerprint density at radius 1 is 0.262 bits per heavy atom. The van der Waals surface area contributed by atoms with Gasteiger partial charge in [-0.05, 0) is 43.4 Å². The average molecular weight is 1510 g/mol. The first kappa shape index (κ1) is 101. The van der Waals surface area contributed by atoms with Gasteiger partial charge in [-0.1, -0.05) is 389 Å². The van der Waals surface area contributed by atoms with E-state index in [-0.39, 0.29) is 25.7 Å². The Hall–Kier alpha value is -1.94. The van der Waals surface area contributed by atoms with Crippen molar-refractivity contribution in [1.29, 1.82) is 0 Å². The van der Waals surface area contributed by atoms with Crippen LogP contribution in [0.5, 0.6) is 0 Å². The SMILES string of the molecule is CCCCCCCCCCCCCCCCCCCCCCCC(=O)O[C@H](COC(=O)CCCCCCCCCCCCCCCCCC(C)C)COP(=O)(O)OC[C@@H](O)COP(=O)(O)OC[C@@H](COC(=O)CCCCCCCCCC(C)C)OC(=O)CCCCCCCCCCCCCC(C)C. The zero-order chi connectivity index (χ0) is 75.8. The topological polar surface area (TPSA) is 237 Å². The van der Waals surface area contributed by atoms with Gasteiger partial charge in [-0.15, -0.1) is 0 Å². The number of phosphoric ester groups is 2. The number of hydrogen-bond donors (Lipinski definition) is 3. The number of aliphatic hydroxyl groups excluding tert-OH is 1. The minimum Gasteiger partial charge on any atom is -0.462 e. The van der Waals surface area contributed by atoms with Gasteiger partial charge in [0.15, 0.2) is 12.2 Å². The van der Waals surface area contributed by atoms with Crippen LogP contribution in [0, 0.1) is 17.8 Å². The number of ether oxygens (including phenoxy) is 4. The zero-order valence-electron chi connectivity index (χ0n) is 67.8. The summed E-state index contributed by atoms with van der Waals surface area (Å²) in [4.78, 5) is 73.1. The summed E-state index contributed by atoms with van der Waals surface area (Å²) in [6.07, 6.45) is 64.0. The molecular formula is C84H164O17P2. The molecule has 0 bridgehead atoms. The van der Waals surface area contributed by atoms with Crippen molar-refractivity contribution in [2.24, 2.45) is 17.8 Å². The predicted octanol–water partition coefficient (Wildman–Crippen LogP) is 25.3. The lowest BCUT2D eigenvalue weighted by Gasteiger charge is -2.21. The highest BCUT2D eigenvalue weighted by Gasteiger charge is 2.30. The summed E-state index contributed by atoms with van der Waals surface area (Å²) in [6.45, 7) is 11.9. The summed E-state index contributed by atoms with van der Waals surface area (Å²) >= 11 is 0. The molecule has 0 aromatic heterocycles. The van der Waals surface area contributed by atoms with Crippen molar-refractivity contribution < 1.29 is 80.2 Å². The highest BCUT2D eigenvalue weighted by Crippen LogP contribution is 2.45. The summed E-state index contributed by atoms with van der Waals surface area (Å²) in [7, 11) is -9.92. The molecule has 0 aromatic carbocycles. The molecule has 0 radical (unpaired) electrons. The third-order valence-electron chi connectivity index (χ3n) is 19.6. The van der Waals surface area contributed by atoms with Crippen LogP contribution in [-0.4, -0.2) is 96.7 Å². The van der Waals surface area contributed by atoms with Crippen molar-refractivity contribution in [3.8, 4) is 0 Å². The van der Waals surface area contributed by atoms with Gasteiger partial charge in [0.05, 0.1) is 26.4 Å². The van der Waals surface area contributed by atoms with Crippen molar-refractivity contribution in [2.45, 2.75) is 458 Å². The maximum Gasteiger partial charge on any atom is 0.472 e. The monoisotopic (exact) mass is 1510 g/mol. The Kier molecular flexibility index (Phi) is 72.8. The summed E-state index contributed by atoms with van der Waals surface area (Å²) in [5.41, 5.74) is 0. The molecule has 5 atom stereocenters. The number of carbonyl (C=O) groups is 4. The largest absolute Gasteiger partial charge is 0.472 e. The van der Waals surface area contributed by atoms with E-state index in [4.69, 9.17) is 37.0 Å². The van der Waals surface area contributed by atoms with Gasteiger partial charge in [0.25, 0.3) is 0 Å². The van der Waals surface area contributed by atoms with E-state index >= 15 is 0 Å². The summed E-state index contributed by atoms with van der Waals surface area (Å²) in [6, 6.07) is 0. The van der Waals surface area contributed by atoms with Gasteiger partial charge in [-0.25, -0.2) is 9.13 Å². The fourth-order valence-electron chi connectivity index (χ4n) is 13.0. The van der Waals surface area contributed by atoms with E-state index in [1.165, 1.54) is 244 Å². The molecule has 2 unspecified atom stereocenters. The Morgan fingerprint density at radius 2 is 0.447 bits per heavy atom. The maximum atomic E-state index is 13.1. The molecule has 0 fully saturated rings. The minimum absolute atomic E-state index is 0.106. The first-order chi connectivity index (χ1) is 49.7. The number of esters is 4. The first-order valence-electron chi connectivity index (χ1n) is 43.3. The quantitative estimate of drug-likeness (QED) is 0.0222. The van der Waals surface area contributed by atoms with Crippen LogP contribution in [0.1, 0.15) is 440 Å². The molecule has 17 nitrogen and oxygen atoms in total. The van der Waals surface area contributed by atoms with Gasteiger partial charge in [0, 0.05) is 25.7 Å². The van der Waals surface area contributed by atoms with E-state index in [9.17, 15) is 43.2 Å². The zero-order valence-corrected chi connectivity index (χ0v) is 69.6. The molecule has 0 rings (SSSR count). The van der Waals surface area contributed by atoms with Crippen LogP contribution in [-0.2, 0) is 65.4 Å². The van der Waals surface area contributed by atoms with Gasteiger partial charge >= 0.3 is 39.5 Å². The predicted molar refractivity (Wildman–Crippen MR) is 423 cm³/mol. The first-order valence-corrected chi connectivity index (χ1v) is 46.3. The van der Waals surface area contributed by atoms with Gasteiger partial charge in [0.1, 0.15) is 19.3 Å². The molecule has 0 saturated heterocycles. The van der Waals surface area contributed by atoms with E-state index in [0.29, 0.717) is 31.6 Å². The van der Waals surface area contributed by atoms with Crippen LogP contribution in [0.25, 0.3) is 0 Å². The van der Waals surface area contributed by atoms with E-state index in [0.717, 1.165) is 108 Å². The highest BCUT2D eigenvalue weighted by atomic mass is 31.2. The second kappa shape index (κ2) is 74.2. The molecule has 0 spiro atoms. The fraction of sp³-hybridized carbons (Fsp3) is 0.952. The average Bonchev–Trinajstić information content (AvgIpc) is 0.921. The number of carbonyl (C=O) groups excluding carboxylic acids is 4. The summed E-state index contributed by atoms with van der Waals surface area (Å²) in [5.74, 6) is 0.167. The highest BCUT2D eigenvalue weighted by molar-refractivity contribution is 7.47. The van der Waals surface area contributed by atoms with Crippen LogP contribution in [0.2, 0.25) is 0 Å². The van der Waals surface area contributed by atoms with E-state index in [1.54, 1.807) is 0 Å². The molecule has 0 aliphatic carbocycles. The third-order valence-corrected chi connectivity index (χ3v) is 21.5. The van der Waals surface area contributed by atoms with Crippen molar-refractivity contribution in [3.05, 3.63) is 0 Å². The van der Waals surface area contributed by atoms with Gasteiger partial charge in [-0.3, -0.25) is 37.3 Å². The van der Waals surface area contributed by atoms with Crippen LogP contribution in [0.15, 0.2) is 0 Å². The number of rotatable bonds is 82. The fourth-order valence-corrected chi connectivity index (χ4v) is 14.6. The van der Waals surface area contributed by atoms with Crippen LogP contribution in [0.4, 0.5) is 0 Å². The molecule has 0 aliphatic rings. The lowest BCUT2D eigenvalue weighted by atomic mass is 10.0. The van der Waals surface area contributed by atoms with Crippen molar-refractivity contribution in [3.63, 3.8) is 0 Å². The summed E-state index contributed by atoms with van der Waals surface area (Å²) in [5, 5.41) is 10.7. The van der Waals surface area contributed by atoms with Crippen LogP contribution in [0.3, 0.4) is 0 Å². The van der Waals surface area contributed by atoms with E-state index in [1.807, 2.05) is 0 Å². The Morgan fingerprint density at radius 3 is 0.660 bits per heavy atom. The van der Waals surface area contributed by atoms with Crippen LogP contribution >= 0.6 is 15.6 Å². The molecule has 103 heavy (non-hydrogen) atoms. The van der Waals surface area contributed by atoms with Gasteiger partial charge < -0.3 is 33.8 Å². The van der Waals surface area contributed by atoms with Crippen LogP contribution < -0.4 is 0 Å². The lowest BCUT2D eigenvalue weighted by Crippen LogP contribution is -2.30. The second-order valence-corrected chi connectivity index (χ2v) is 34.6. The maximum absolute atomic E-state index is 13.1. The van der Waals surface area contributed by atoms with Gasteiger partial charge in [-0.2, -0.15) is 0 Å². The lowest BCUT2D eigenvalue weighted by molar-refractivity contribution is -0.161. The molecule has 0 aromatic rings. The van der Waals surface area contributed by atoms with Gasteiger partial charge in [0.2, 0.25) is 0 Å². The number of hydrogen-bond acceptors (Lipinski definition) is 15. The molecule has 0 heterocycles. The third kappa shape index (κ3) is 78.0. The second-order valence-electron chi connectivity index (χ2n) is 31.6. The summed E-state index contributed by atoms with van der Waals surface area (Å²) < 4.78 is 68.8. The minimum atomic E-state index is -4.96. The molecular weight excluding hydrogens is 1340 g/mol. The molecule has 19 heteroatoms. The normalized spacial score (nSPS) is 13.9. The number of unbranched alkanes of at least 4 members (excludes halogenated alkanes) is 50. The Labute approximate surface area is 632 Å². The molecule has 3 N–H and O–H groups in total. The Balaban J connectivity index is 5.22. The van der Waals surface area contributed by atoms with Crippen molar-refractivity contribution >= 4 is 39.5 Å². The van der Waals surface area contributed by atoms with Crippen molar-refractivity contribution in [2.75, 3.05) is 39.6 Å². The van der Waals surface area contributed by atoms with E-state index < -0.39 is 97.5 Å². The smallest absolute Gasteiger partial charge is 0.462 e. The number of aliphatic hydroxyl groups is 1. The molecule has 0 saturated carbocycles. The number of phosphoric acid groups is 2.